The zero-order valence-electron chi connectivity index (χ0n) is 15.8. The first-order valence-electron chi connectivity index (χ1n) is 10.3. The lowest BCUT2D eigenvalue weighted by Gasteiger charge is -2.70. The van der Waals surface area contributed by atoms with Gasteiger partial charge in [-0.1, -0.05) is 18.2 Å². The Kier molecular flexibility index (Phi) is 2.77. The third-order valence-electron chi connectivity index (χ3n) is 9.12. The molecule has 5 fully saturated rings. The molecular formula is C22H28N2O2. The van der Waals surface area contributed by atoms with E-state index in [1.165, 1.54) is 50.0 Å². The molecule has 3 saturated carbocycles. The Bertz CT molecular complexity index is 809. The number of hydrogen-bond acceptors (Lipinski definition) is 4. The quantitative estimate of drug-likeness (QED) is 0.728. The van der Waals surface area contributed by atoms with Gasteiger partial charge in [-0.3, -0.25) is 9.69 Å². The molecule has 4 nitrogen and oxygen atoms in total. The minimum Gasteiger partial charge on any atom is -0.469 e. The summed E-state index contributed by atoms with van der Waals surface area (Å²) in [7, 11) is 3.82. The Labute approximate surface area is 155 Å². The number of rotatable bonds is 1. The maximum Gasteiger partial charge on any atom is 0.311 e. The predicted octanol–water partition coefficient (Wildman–Crippen LogP) is 2.95. The average molecular weight is 352 g/mol. The third-order valence-corrected chi connectivity index (χ3v) is 9.12. The van der Waals surface area contributed by atoms with E-state index in [4.69, 9.17) is 4.74 Å². The summed E-state index contributed by atoms with van der Waals surface area (Å²) in [6.07, 6.45) is 7.16. The number of methoxy groups -OCH3 is 1. The molecule has 2 saturated heterocycles. The van der Waals surface area contributed by atoms with Crippen LogP contribution in [0, 0.1) is 11.3 Å². The number of hydrogen-bond donors (Lipinski definition) is 0. The van der Waals surface area contributed by atoms with Gasteiger partial charge >= 0.3 is 5.97 Å². The first-order chi connectivity index (χ1) is 12.6. The average Bonchev–Trinajstić information content (AvgIpc) is 3.19. The molecular weight excluding hydrogens is 324 g/mol. The molecule has 0 amide bonds. The second-order valence-corrected chi connectivity index (χ2v) is 9.41. The van der Waals surface area contributed by atoms with Crippen LogP contribution in [0.25, 0.3) is 0 Å². The zero-order chi connectivity index (χ0) is 17.7. The number of benzene rings is 1. The second kappa shape index (κ2) is 4.64. The molecule has 0 radical (unpaired) electrons. The summed E-state index contributed by atoms with van der Waals surface area (Å²) in [6, 6.07) is 9.60. The van der Waals surface area contributed by atoms with Crippen LogP contribution in [0.15, 0.2) is 24.3 Å². The van der Waals surface area contributed by atoms with Gasteiger partial charge in [-0.2, -0.15) is 0 Å². The van der Waals surface area contributed by atoms with E-state index < -0.39 is 0 Å². The van der Waals surface area contributed by atoms with E-state index in [0.717, 1.165) is 12.8 Å². The summed E-state index contributed by atoms with van der Waals surface area (Å²) in [5, 5.41) is 0. The van der Waals surface area contributed by atoms with E-state index in [9.17, 15) is 4.79 Å². The van der Waals surface area contributed by atoms with Gasteiger partial charge in [0.1, 0.15) is 0 Å². The summed E-state index contributed by atoms with van der Waals surface area (Å²) in [5.74, 6) is 0.0125. The van der Waals surface area contributed by atoms with Crippen LogP contribution in [0.2, 0.25) is 0 Å². The maximum atomic E-state index is 13.1. The van der Waals surface area contributed by atoms with Crippen molar-refractivity contribution in [3.63, 3.8) is 0 Å². The fourth-order valence-corrected chi connectivity index (χ4v) is 8.57. The molecule has 0 aromatic heterocycles. The number of piperidine rings is 1. The predicted molar refractivity (Wildman–Crippen MR) is 100 cm³/mol. The van der Waals surface area contributed by atoms with Gasteiger partial charge in [-0.15, -0.1) is 0 Å². The van der Waals surface area contributed by atoms with E-state index in [1.54, 1.807) is 7.11 Å². The van der Waals surface area contributed by atoms with Crippen molar-refractivity contribution in [2.45, 2.75) is 55.5 Å². The van der Waals surface area contributed by atoms with Gasteiger partial charge in [0.05, 0.1) is 18.6 Å². The number of para-hydroxylation sites is 1. The number of esters is 1. The van der Waals surface area contributed by atoms with E-state index in [0.29, 0.717) is 11.5 Å². The van der Waals surface area contributed by atoms with Gasteiger partial charge in [0, 0.05) is 24.2 Å². The second-order valence-electron chi connectivity index (χ2n) is 9.41. The lowest BCUT2D eigenvalue weighted by molar-refractivity contribution is -0.174. The van der Waals surface area contributed by atoms with Crippen LogP contribution < -0.4 is 4.90 Å². The minimum absolute atomic E-state index is 0.00653. The number of ether oxygens (including phenoxy) is 1. The highest BCUT2D eigenvalue weighted by molar-refractivity contribution is 5.81. The van der Waals surface area contributed by atoms with Crippen molar-refractivity contribution in [2.24, 2.45) is 11.3 Å². The van der Waals surface area contributed by atoms with Gasteiger partial charge in [0.2, 0.25) is 0 Å². The van der Waals surface area contributed by atoms with E-state index >= 15 is 0 Å². The number of carbonyl (C=O) groups is 1. The Morgan fingerprint density at radius 2 is 2.00 bits per heavy atom. The highest BCUT2D eigenvalue weighted by Crippen LogP contribution is 2.75. The summed E-state index contributed by atoms with van der Waals surface area (Å²) < 4.78 is 5.39. The fraction of sp³-hybridized carbons (Fsp3) is 0.682. The van der Waals surface area contributed by atoms with Crippen molar-refractivity contribution in [3.8, 4) is 0 Å². The lowest BCUT2D eigenvalue weighted by atomic mass is 9.38. The van der Waals surface area contributed by atoms with Crippen molar-refractivity contribution < 1.29 is 9.53 Å². The molecule has 5 atom stereocenters. The van der Waals surface area contributed by atoms with Gasteiger partial charge in [-0.05, 0) is 68.7 Å². The van der Waals surface area contributed by atoms with Crippen LogP contribution in [0.3, 0.4) is 0 Å². The lowest BCUT2D eigenvalue weighted by Crippen LogP contribution is -2.78. The van der Waals surface area contributed by atoms with E-state index in [-0.39, 0.29) is 22.8 Å². The highest BCUT2D eigenvalue weighted by atomic mass is 16.5. The number of likely N-dealkylation sites (N-methyl/N-ethyl adjacent to an activating group) is 1. The molecule has 0 N–H and O–H groups in total. The van der Waals surface area contributed by atoms with Crippen molar-refractivity contribution in [1.82, 2.24) is 4.90 Å². The van der Waals surface area contributed by atoms with E-state index in [1.807, 2.05) is 0 Å². The zero-order valence-corrected chi connectivity index (χ0v) is 15.8. The van der Waals surface area contributed by atoms with E-state index in [2.05, 4.69) is 41.1 Å². The summed E-state index contributed by atoms with van der Waals surface area (Å²) >= 11 is 0. The minimum atomic E-state index is -0.109. The van der Waals surface area contributed by atoms with Crippen LogP contribution in [-0.2, 0) is 14.9 Å². The normalized spacial score (nSPS) is 45.2. The van der Waals surface area contributed by atoms with Gasteiger partial charge in [0.25, 0.3) is 0 Å². The highest BCUT2D eigenvalue weighted by Gasteiger charge is 2.80. The van der Waals surface area contributed by atoms with Crippen LogP contribution in [0.1, 0.15) is 44.1 Å². The molecule has 138 valence electrons. The molecule has 2 unspecified atom stereocenters. The van der Waals surface area contributed by atoms with Crippen molar-refractivity contribution in [3.05, 3.63) is 29.8 Å². The van der Waals surface area contributed by atoms with Crippen LogP contribution in [0.5, 0.6) is 0 Å². The number of nitrogens with zero attached hydrogens (tertiary/aromatic N) is 2. The molecule has 4 heteroatoms. The molecule has 3 aliphatic heterocycles. The first kappa shape index (κ1) is 15.5. The molecule has 6 aliphatic rings. The Morgan fingerprint density at radius 1 is 1.15 bits per heavy atom. The van der Waals surface area contributed by atoms with Gasteiger partial charge in [-0.25, -0.2) is 0 Å². The fourth-order valence-electron chi connectivity index (χ4n) is 8.57. The molecule has 3 heterocycles. The van der Waals surface area contributed by atoms with Crippen molar-refractivity contribution in [1.29, 1.82) is 0 Å². The number of fused-ring (bicyclic) bond motifs is 3. The molecule has 3 aliphatic carbocycles. The molecule has 3 spiro atoms. The summed E-state index contributed by atoms with van der Waals surface area (Å²) in [5.41, 5.74) is 3.14. The molecule has 7 rings (SSSR count). The smallest absolute Gasteiger partial charge is 0.311 e. The monoisotopic (exact) mass is 352 g/mol. The molecule has 1 aromatic rings. The van der Waals surface area contributed by atoms with Gasteiger partial charge < -0.3 is 9.64 Å². The van der Waals surface area contributed by atoms with Crippen molar-refractivity contribution in [2.75, 3.05) is 32.1 Å². The Hall–Kier alpha value is -1.55. The van der Waals surface area contributed by atoms with Crippen LogP contribution in [-0.4, -0.2) is 49.7 Å². The van der Waals surface area contributed by atoms with Crippen molar-refractivity contribution >= 4 is 11.7 Å². The standard InChI is InChI=1S/C22H28N2O2/c1-23-17-7-4-3-6-15(17)21-11-13-24-12-5-8-20(19(21)24)9-10-22(21,23)16(14-20)18(25)26-2/h3-4,6-7,16,19H,5,8-14H2,1-2H3/t16-,19-,20?,21+,22?/m0/s1. The van der Waals surface area contributed by atoms with Gasteiger partial charge in [0.15, 0.2) is 0 Å². The molecule has 26 heavy (non-hydrogen) atoms. The van der Waals surface area contributed by atoms with Crippen LogP contribution >= 0.6 is 0 Å². The maximum absolute atomic E-state index is 13.1. The third kappa shape index (κ3) is 1.35. The first-order valence-corrected chi connectivity index (χ1v) is 10.3. The Morgan fingerprint density at radius 3 is 2.85 bits per heavy atom. The van der Waals surface area contributed by atoms with Crippen LogP contribution in [0.4, 0.5) is 5.69 Å². The molecule has 1 aromatic carbocycles. The summed E-state index contributed by atoms with van der Waals surface area (Å²) in [6.45, 7) is 2.42. The Balaban J connectivity index is 1.68. The molecule has 2 bridgehead atoms. The SMILES string of the molecule is COC(=O)[C@@H]1CC23CCCN4CC[C@@]5(c6ccccc6N(C)C15CC2)[C@@H]43. The number of carbonyl (C=O) groups excluding carboxylic acids is 1. The summed E-state index contributed by atoms with van der Waals surface area (Å²) in [4.78, 5) is 18.4. The number of anilines is 1. The topological polar surface area (TPSA) is 32.8 Å². The largest absolute Gasteiger partial charge is 0.469 e.